The molecule has 0 aliphatic rings. The number of hydrazine groups is 1. The number of rotatable bonds is 4. The third-order valence-electron chi connectivity index (χ3n) is 2.38. The lowest BCUT2D eigenvalue weighted by Gasteiger charge is -2.05. The van der Waals surface area contributed by atoms with Gasteiger partial charge in [0.05, 0.1) is 5.56 Å². The number of thiophene rings is 1. The van der Waals surface area contributed by atoms with E-state index in [0.717, 1.165) is 22.9 Å². The third-order valence-corrected chi connectivity index (χ3v) is 3.33. The fourth-order valence-electron chi connectivity index (χ4n) is 1.48. The molecule has 0 atom stereocenters. The van der Waals surface area contributed by atoms with Crippen LogP contribution in [0.15, 0.2) is 17.5 Å². The lowest BCUT2D eigenvalue weighted by molar-refractivity contribution is -0.131. The number of aliphatic carboxylic acids is 1. The van der Waals surface area contributed by atoms with Crippen molar-refractivity contribution in [2.24, 2.45) is 0 Å². The summed E-state index contributed by atoms with van der Waals surface area (Å²) in [7, 11) is 0. The van der Waals surface area contributed by atoms with E-state index in [4.69, 9.17) is 5.11 Å². The van der Waals surface area contributed by atoms with Crippen LogP contribution < -0.4 is 10.9 Å². The Morgan fingerprint density at radius 2 is 2.00 bits per heavy atom. The molecule has 1 aromatic rings. The number of aryl methyl sites for hydroxylation is 1. The smallest absolute Gasteiger partial charge is 0.328 e. The highest BCUT2D eigenvalue weighted by atomic mass is 32.1. The predicted octanol–water partition coefficient (Wildman–Crippen LogP) is 1.02. The summed E-state index contributed by atoms with van der Waals surface area (Å²) in [6.45, 7) is 3.87. The normalized spacial score (nSPS) is 10.4. The van der Waals surface area contributed by atoms with Gasteiger partial charge in [-0.2, -0.15) is 0 Å². The first-order valence-electron chi connectivity index (χ1n) is 5.54. The number of amides is 2. The number of carboxylic acids is 1. The highest BCUT2D eigenvalue weighted by Crippen LogP contribution is 2.21. The molecular formula is C12H14N2O4S. The van der Waals surface area contributed by atoms with Gasteiger partial charge in [0, 0.05) is 22.4 Å². The van der Waals surface area contributed by atoms with E-state index >= 15 is 0 Å². The van der Waals surface area contributed by atoms with Crippen LogP contribution in [0.3, 0.4) is 0 Å². The van der Waals surface area contributed by atoms with E-state index in [1.54, 1.807) is 5.38 Å². The van der Waals surface area contributed by atoms with Crippen molar-refractivity contribution in [1.29, 1.82) is 0 Å². The maximum Gasteiger partial charge on any atom is 0.328 e. The quantitative estimate of drug-likeness (QED) is 0.567. The minimum Gasteiger partial charge on any atom is -0.478 e. The molecule has 0 aliphatic carbocycles. The summed E-state index contributed by atoms with van der Waals surface area (Å²) in [5.41, 5.74) is 5.81. The SMILES string of the molecule is CCc1c(C(=O)NNC(=O)/C=C/C(=O)O)csc1C. The van der Waals surface area contributed by atoms with Gasteiger partial charge in [-0.05, 0) is 18.9 Å². The van der Waals surface area contributed by atoms with Crippen LogP contribution in [0.5, 0.6) is 0 Å². The first-order chi connectivity index (χ1) is 8.95. The average Bonchev–Trinajstić information content (AvgIpc) is 2.74. The summed E-state index contributed by atoms with van der Waals surface area (Å²) < 4.78 is 0. The summed E-state index contributed by atoms with van der Waals surface area (Å²) in [6, 6.07) is 0. The Labute approximate surface area is 114 Å². The summed E-state index contributed by atoms with van der Waals surface area (Å²) in [4.78, 5) is 34.2. The minimum atomic E-state index is -1.23. The van der Waals surface area contributed by atoms with E-state index in [9.17, 15) is 14.4 Å². The number of carboxylic acid groups (broad SMARTS) is 1. The molecule has 6 nitrogen and oxygen atoms in total. The van der Waals surface area contributed by atoms with Crippen LogP contribution >= 0.6 is 11.3 Å². The van der Waals surface area contributed by atoms with Gasteiger partial charge in [-0.15, -0.1) is 11.3 Å². The zero-order valence-corrected chi connectivity index (χ0v) is 11.3. The van der Waals surface area contributed by atoms with Crippen LogP contribution in [0.2, 0.25) is 0 Å². The van der Waals surface area contributed by atoms with E-state index in [-0.39, 0.29) is 0 Å². The number of carbonyl (C=O) groups excluding carboxylic acids is 2. The van der Waals surface area contributed by atoms with Crippen molar-refractivity contribution in [1.82, 2.24) is 10.9 Å². The summed E-state index contributed by atoms with van der Waals surface area (Å²) in [5, 5.41) is 10.1. The van der Waals surface area contributed by atoms with Crippen molar-refractivity contribution >= 4 is 29.1 Å². The molecule has 0 aliphatic heterocycles. The van der Waals surface area contributed by atoms with Gasteiger partial charge in [-0.3, -0.25) is 20.4 Å². The molecule has 0 saturated heterocycles. The van der Waals surface area contributed by atoms with Crippen molar-refractivity contribution in [2.45, 2.75) is 20.3 Å². The second-order valence-corrected chi connectivity index (χ2v) is 4.74. The molecule has 0 unspecified atom stereocenters. The molecule has 0 radical (unpaired) electrons. The first-order valence-corrected chi connectivity index (χ1v) is 6.42. The Morgan fingerprint density at radius 3 is 2.58 bits per heavy atom. The van der Waals surface area contributed by atoms with E-state index in [1.165, 1.54) is 11.3 Å². The third kappa shape index (κ3) is 4.22. The van der Waals surface area contributed by atoms with E-state index in [0.29, 0.717) is 11.6 Å². The van der Waals surface area contributed by atoms with Gasteiger partial charge in [-0.25, -0.2) is 4.79 Å². The molecule has 0 fully saturated rings. The lowest BCUT2D eigenvalue weighted by Crippen LogP contribution is -2.41. The van der Waals surface area contributed by atoms with Crippen LogP contribution in [-0.2, 0) is 16.0 Å². The molecular weight excluding hydrogens is 268 g/mol. The Hall–Kier alpha value is -2.15. The van der Waals surface area contributed by atoms with Gasteiger partial charge in [0.15, 0.2) is 0 Å². The number of hydrogen-bond acceptors (Lipinski definition) is 4. The molecule has 0 saturated carbocycles. The molecule has 7 heteroatoms. The van der Waals surface area contributed by atoms with Crippen LogP contribution in [0.25, 0.3) is 0 Å². The monoisotopic (exact) mass is 282 g/mol. The highest BCUT2D eigenvalue weighted by Gasteiger charge is 2.14. The van der Waals surface area contributed by atoms with Gasteiger partial charge in [0.1, 0.15) is 0 Å². The van der Waals surface area contributed by atoms with Crippen molar-refractivity contribution in [3.63, 3.8) is 0 Å². The van der Waals surface area contributed by atoms with E-state index in [2.05, 4.69) is 10.9 Å². The van der Waals surface area contributed by atoms with Gasteiger partial charge >= 0.3 is 5.97 Å². The Bertz CT molecular complexity index is 534. The maximum absolute atomic E-state index is 11.8. The molecule has 1 heterocycles. The molecule has 19 heavy (non-hydrogen) atoms. The molecule has 0 bridgehead atoms. The molecule has 102 valence electrons. The van der Waals surface area contributed by atoms with Crippen molar-refractivity contribution in [3.8, 4) is 0 Å². The molecule has 1 rings (SSSR count). The second kappa shape index (κ2) is 6.69. The highest BCUT2D eigenvalue weighted by molar-refractivity contribution is 7.10. The Kier molecular flexibility index (Phi) is 5.25. The van der Waals surface area contributed by atoms with Crippen molar-refractivity contribution in [2.75, 3.05) is 0 Å². The van der Waals surface area contributed by atoms with E-state index in [1.807, 2.05) is 13.8 Å². The van der Waals surface area contributed by atoms with Crippen LogP contribution in [0, 0.1) is 6.92 Å². The van der Waals surface area contributed by atoms with Gasteiger partial charge in [0.2, 0.25) is 0 Å². The van der Waals surface area contributed by atoms with Gasteiger partial charge < -0.3 is 5.11 Å². The fourth-order valence-corrected chi connectivity index (χ4v) is 2.42. The van der Waals surface area contributed by atoms with Gasteiger partial charge in [0.25, 0.3) is 11.8 Å². The minimum absolute atomic E-state index is 0.418. The number of nitrogens with one attached hydrogen (secondary N) is 2. The lowest BCUT2D eigenvalue weighted by atomic mass is 10.1. The fraction of sp³-hybridized carbons (Fsp3) is 0.250. The largest absolute Gasteiger partial charge is 0.478 e. The zero-order chi connectivity index (χ0) is 14.4. The van der Waals surface area contributed by atoms with Crippen LogP contribution in [0.1, 0.15) is 27.7 Å². The molecule has 1 aromatic heterocycles. The van der Waals surface area contributed by atoms with Gasteiger partial charge in [-0.1, -0.05) is 6.92 Å². The number of hydrogen-bond donors (Lipinski definition) is 3. The van der Waals surface area contributed by atoms with Crippen molar-refractivity contribution in [3.05, 3.63) is 33.5 Å². The summed E-state index contributed by atoms with van der Waals surface area (Å²) in [6.07, 6.45) is 2.24. The zero-order valence-electron chi connectivity index (χ0n) is 10.5. The molecule has 2 amide bonds. The van der Waals surface area contributed by atoms with Crippen molar-refractivity contribution < 1.29 is 19.5 Å². The summed E-state index contributed by atoms with van der Waals surface area (Å²) in [5.74, 6) is -2.36. The maximum atomic E-state index is 11.8. The Balaban J connectivity index is 2.61. The van der Waals surface area contributed by atoms with E-state index < -0.39 is 17.8 Å². The predicted molar refractivity (Wildman–Crippen MR) is 70.8 cm³/mol. The average molecular weight is 282 g/mol. The van der Waals surface area contributed by atoms with Crippen LogP contribution in [0.4, 0.5) is 0 Å². The number of carbonyl (C=O) groups is 3. The molecule has 0 aromatic carbocycles. The standard InChI is InChI=1S/C12H14N2O4S/c1-3-8-7(2)19-6-9(8)12(18)14-13-10(15)4-5-11(16)17/h4-6H,3H2,1-2H3,(H,13,15)(H,14,18)(H,16,17)/b5-4+. The van der Waals surface area contributed by atoms with Crippen LogP contribution in [-0.4, -0.2) is 22.9 Å². The molecule has 3 N–H and O–H groups in total. The first kappa shape index (κ1) is 14.9. The molecule has 0 spiro atoms. The Morgan fingerprint density at radius 1 is 1.32 bits per heavy atom. The summed E-state index contributed by atoms with van der Waals surface area (Å²) >= 11 is 1.47. The topological polar surface area (TPSA) is 95.5 Å². The second-order valence-electron chi connectivity index (χ2n) is 3.65.